The van der Waals surface area contributed by atoms with Crippen molar-refractivity contribution in [3.8, 4) is 0 Å². The lowest BCUT2D eigenvalue weighted by Gasteiger charge is -2.16. The third-order valence-electron chi connectivity index (χ3n) is 3.87. The SMILES string of the molecule is CCc1ccccc1NC(=S)NC(=NCCCOC)Nc1nc(C)cc(C)n1. The normalized spacial score (nSPS) is 11.2. The molecule has 3 N–H and O–H groups in total. The molecule has 0 aliphatic heterocycles. The van der Waals surface area contributed by atoms with Crippen molar-refractivity contribution < 1.29 is 4.74 Å². The molecule has 0 unspecified atom stereocenters. The van der Waals surface area contributed by atoms with E-state index in [1.807, 2.05) is 38.1 Å². The maximum absolute atomic E-state index is 5.48. The monoisotopic (exact) mass is 400 g/mol. The highest BCUT2D eigenvalue weighted by atomic mass is 32.1. The van der Waals surface area contributed by atoms with Crippen LogP contribution in [0.5, 0.6) is 0 Å². The summed E-state index contributed by atoms with van der Waals surface area (Å²) >= 11 is 5.48. The summed E-state index contributed by atoms with van der Waals surface area (Å²) in [5.41, 5.74) is 3.93. The third-order valence-corrected chi connectivity index (χ3v) is 4.07. The smallest absolute Gasteiger partial charge is 0.229 e. The summed E-state index contributed by atoms with van der Waals surface area (Å²) in [7, 11) is 1.68. The highest BCUT2D eigenvalue weighted by Crippen LogP contribution is 2.15. The predicted octanol–water partition coefficient (Wildman–Crippen LogP) is 3.45. The van der Waals surface area contributed by atoms with Gasteiger partial charge in [0.25, 0.3) is 0 Å². The molecule has 0 saturated heterocycles. The second kappa shape index (κ2) is 11.3. The Balaban J connectivity index is 2.10. The summed E-state index contributed by atoms with van der Waals surface area (Å²) in [6, 6.07) is 9.99. The molecule has 0 saturated carbocycles. The Bertz CT molecular complexity index is 804. The van der Waals surface area contributed by atoms with Crippen LogP contribution in [-0.4, -0.2) is 41.3 Å². The van der Waals surface area contributed by atoms with E-state index in [1.165, 1.54) is 5.56 Å². The molecule has 7 nitrogen and oxygen atoms in total. The fourth-order valence-electron chi connectivity index (χ4n) is 2.61. The quantitative estimate of drug-likeness (QED) is 0.284. The van der Waals surface area contributed by atoms with Crippen LogP contribution in [0, 0.1) is 13.8 Å². The van der Waals surface area contributed by atoms with Gasteiger partial charge < -0.3 is 15.4 Å². The summed E-state index contributed by atoms with van der Waals surface area (Å²) in [5.74, 6) is 0.972. The number of anilines is 2. The van der Waals surface area contributed by atoms with Gasteiger partial charge in [-0.2, -0.15) is 0 Å². The van der Waals surface area contributed by atoms with Crippen LogP contribution in [0.4, 0.5) is 11.6 Å². The molecule has 0 aliphatic rings. The van der Waals surface area contributed by atoms with E-state index in [2.05, 4.69) is 43.9 Å². The molecular formula is C20H28N6OS. The molecule has 0 spiro atoms. The number of guanidine groups is 1. The summed E-state index contributed by atoms with van der Waals surface area (Å²) in [6.07, 6.45) is 1.72. The minimum atomic E-state index is 0.447. The van der Waals surface area contributed by atoms with E-state index in [9.17, 15) is 0 Å². The number of para-hydroxylation sites is 1. The molecule has 1 aromatic heterocycles. The van der Waals surface area contributed by atoms with Gasteiger partial charge in [-0.15, -0.1) is 0 Å². The topological polar surface area (TPSA) is 83.5 Å². The first-order valence-corrected chi connectivity index (χ1v) is 9.71. The van der Waals surface area contributed by atoms with Crippen molar-refractivity contribution in [2.45, 2.75) is 33.6 Å². The summed E-state index contributed by atoms with van der Waals surface area (Å²) in [5, 5.41) is 9.93. The molecular weight excluding hydrogens is 372 g/mol. The first kappa shape index (κ1) is 21.7. The number of aliphatic imine (C=N–C) groups is 1. The Morgan fingerprint density at radius 2 is 1.86 bits per heavy atom. The van der Waals surface area contributed by atoms with Gasteiger partial charge in [-0.3, -0.25) is 10.3 Å². The minimum Gasteiger partial charge on any atom is -0.385 e. The van der Waals surface area contributed by atoms with Crippen LogP contribution < -0.4 is 16.0 Å². The number of ether oxygens (including phenoxy) is 1. The highest BCUT2D eigenvalue weighted by Gasteiger charge is 2.08. The number of thiocarbonyl (C=S) groups is 1. The van der Waals surface area contributed by atoms with E-state index in [-0.39, 0.29) is 0 Å². The molecule has 28 heavy (non-hydrogen) atoms. The first-order valence-electron chi connectivity index (χ1n) is 9.30. The molecule has 0 bridgehead atoms. The van der Waals surface area contributed by atoms with Crippen molar-refractivity contribution in [1.82, 2.24) is 15.3 Å². The molecule has 1 aromatic carbocycles. The minimum absolute atomic E-state index is 0.447. The molecule has 0 aliphatic carbocycles. The zero-order chi connectivity index (χ0) is 20.4. The summed E-state index contributed by atoms with van der Waals surface area (Å²) in [4.78, 5) is 13.4. The first-order chi connectivity index (χ1) is 13.5. The van der Waals surface area contributed by atoms with Gasteiger partial charge in [-0.1, -0.05) is 25.1 Å². The van der Waals surface area contributed by atoms with Crippen LogP contribution in [-0.2, 0) is 11.2 Å². The lowest BCUT2D eigenvalue weighted by molar-refractivity contribution is 0.197. The van der Waals surface area contributed by atoms with Gasteiger partial charge in [0, 0.05) is 37.3 Å². The van der Waals surface area contributed by atoms with E-state index >= 15 is 0 Å². The maximum Gasteiger partial charge on any atom is 0.229 e. The van der Waals surface area contributed by atoms with E-state index in [0.717, 1.165) is 29.9 Å². The van der Waals surface area contributed by atoms with Crippen LogP contribution in [0.1, 0.15) is 30.3 Å². The van der Waals surface area contributed by atoms with Crippen LogP contribution in [0.15, 0.2) is 35.3 Å². The van der Waals surface area contributed by atoms with Crippen molar-refractivity contribution in [2.24, 2.45) is 4.99 Å². The van der Waals surface area contributed by atoms with E-state index in [1.54, 1.807) is 7.11 Å². The van der Waals surface area contributed by atoms with Crippen LogP contribution >= 0.6 is 12.2 Å². The predicted molar refractivity (Wildman–Crippen MR) is 119 cm³/mol. The molecule has 0 fully saturated rings. The molecule has 8 heteroatoms. The van der Waals surface area contributed by atoms with Gasteiger partial charge in [0.15, 0.2) is 5.11 Å². The Morgan fingerprint density at radius 3 is 2.54 bits per heavy atom. The standard InChI is InChI=1S/C20H28N6OS/c1-5-16-9-6-7-10-17(16)24-20(28)26-18(21-11-8-12-27-4)25-19-22-14(2)13-15(3)23-19/h6-7,9-10,13H,5,8,11-12H2,1-4H3,(H3,21,22,23,24,25,26,28). The lowest BCUT2D eigenvalue weighted by Crippen LogP contribution is -2.39. The number of nitrogens with one attached hydrogen (secondary N) is 3. The number of benzene rings is 1. The molecule has 2 aromatic rings. The fourth-order valence-corrected chi connectivity index (χ4v) is 2.82. The fraction of sp³-hybridized carbons (Fsp3) is 0.400. The Morgan fingerprint density at radius 1 is 1.14 bits per heavy atom. The second-order valence-corrected chi connectivity index (χ2v) is 6.67. The number of hydrogen-bond acceptors (Lipinski definition) is 5. The van der Waals surface area contributed by atoms with Crippen LogP contribution in [0.25, 0.3) is 0 Å². The van der Waals surface area contributed by atoms with Crippen LogP contribution in [0.3, 0.4) is 0 Å². The molecule has 1 heterocycles. The molecule has 0 amide bonds. The van der Waals surface area contributed by atoms with Crippen molar-refractivity contribution in [1.29, 1.82) is 0 Å². The van der Waals surface area contributed by atoms with Crippen molar-refractivity contribution >= 4 is 34.9 Å². The van der Waals surface area contributed by atoms with E-state index in [0.29, 0.717) is 30.2 Å². The number of hydrogen-bond donors (Lipinski definition) is 3. The zero-order valence-electron chi connectivity index (χ0n) is 16.9. The van der Waals surface area contributed by atoms with Gasteiger partial charge >= 0.3 is 0 Å². The van der Waals surface area contributed by atoms with Crippen molar-refractivity contribution in [3.63, 3.8) is 0 Å². The lowest BCUT2D eigenvalue weighted by atomic mass is 10.1. The molecule has 0 radical (unpaired) electrons. The number of aryl methyl sites for hydroxylation is 3. The maximum atomic E-state index is 5.48. The second-order valence-electron chi connectivity index (χ2n) is 6.27. The van der Waals surface area contributed by atoms with Gasteiger partial charge in [-0.05, 0) is 56.6 Å². The summed E-state index contributed by atoms with van der Waals surface area (Å²) < 4.78 is 5.09. The van der Waals surface area contributed by atoms with Crippen molar-refractivity contribution in [3.05, 3.63) is 47.3 Å². The number of aromatic nitrogens is 2. The van der Waals surface area contributed by atoms with E-state index < -0.39 is 0 Å². The van der Waals surface area contributed by atoms with E-state index in [4.69, 9.17) is 17.0 Å². The van der Waals surface area contributed by atoms with Crippen LogP contribution in [0.2, 0.25) is 0 Å². The average Bonchev–Trinajstić information content (AvgIpc) is 2.64. The van der Waals surface area contributed by atoms with Gasteiger partial charge in [0.1, 0.15) is 0 Å². The number of methoxy groups -OCH3 is 1. The Labute approximate surface area is 172 Å². The van der Waals surface area contributed by atoms with Crippen molar-refractivity contribution in [2.75, 3.05) is 30.9 Å². The molecule has 0 atom stereocenters. The zero-order valence-corrected chi connectivity index (χ0v) is 17.7. The number of rotatable bonds is 7. The molecule has 2 rings (SSSR count). The average molecular weight is 401 g/mol. The third kappa shape index (κ3) is 7.21. The largest absolute Gasteiger partial charge is 0.385 e. The van der Waals surface area contributed by atoms with Gasteiger partial charge in [0.05, 0.1) is 0 Å². The van der Waals surface area contributed by atoms with Gasteiger partial charge in [0.2, 0.25) is 11.9 Å². The molecule has 150 valence electrons. The Hall–Kier alpha value is -2.58. The highest BCUT2D eigenvalue weighted by molar-refractivity contribution is 7.80. The number of nitrogens with zero attached hydrogens (tertiary/aromatic N) is 3. The van der Waals surface area contributed by atoms with Gasteiger partial charge in [-0.25, -0.2) is 9.97 Å². The summed E-state index contributed by atoms with van der Waals surface area (Å²) in [6.45, 7) is 7.19. The Kier molecular flexibility index (Phi) is 8.77.